The zero-order valence-electron chi connectivity index (χ0n) is 15.7. The van der Waals surface area contributed by atoms with Crippen LogP contribution < -0.4 is 10.6 Å². The van der Waals surface area contributed by atoms with Gasteiger partial charge >= 0.3 is 0 Å². The summed E-state index contributed by atoms with van der Waals surface area (Å²) in [5, 5.41) is 7.51. The summed E-state index contributed by atoms with van der Waals surface area (Å²) in [7, 11) is -2.98. The van der Waals surface area contributed by atoms with Gasteiger partial charge in [0.25, 0.3) is 5.91 Å². The van der Waals surface area contributed by atoms with Gasteiger partial charge in [-0.2, -0.15) is 0 Å². The van der Waals surface area contributed by atoms with Crippen molar-refractivity contribution in [2.45, 2.75) is 24.8 Å². The second-order valence-corrected chi connectivity index (χ2v) is 11.0. The van der Waals surface area contributed by atoms with Gasteiger partial charge in [0.1, 0.15) is 0 Å². The number of nitrogens with zero attached hydrogens (tertiary/aromatic N) is 1. The summed E-state index contributed by atoms with van der Waals surface area (Å²) >= 11 is 7.34. The summed E-state index contributed by atoms with van der Waals surface area (Å²) in [4.78, 5) is 17.1. The minimum atomic E-state index is -2.98. The number of hydrogen-bond acceptors (Lipinski definition) is 6. The standard InChI is InChI=1S/C20H20ClN3O3S2/c1-12-2-5-14(19(25)22-9-13-3-6-15(21)7-4-13)8-16(12)23-20-24-17-10-29(26,27)11-18(17)28-20/h2-8,17-18H,9-11H2,1H3,(H,22,25)(H,23,24)/t17-,18+/m1/s1. The topological polar surface area (TPSA) is 87.6 Å². The molecule has 2 N–H and O–H groups in total. The van der Waals surface area contributed by atoms with Crippen LogP contribution in [0.4, 0.5) is 5.69 Å². The van der Waals surface area contributed by atoms with Crippen LogP contribution in [0.2, 0.25) is 5.02 Å². The Kier molecular flexibility index (Phi) is 5.59. The molecule has 0 spiro atoms. The molecular weight excluding hydrogens is 430 g/mol. The van der Waals surface area contributed by atoms with Gasteiger partial charge in [-0.3, -0.25) is 9.79 Å². The number of aliphatic imine (C=N–C) groups is 1. The molecule has 6 nitrogen and oxygen atoms in total. The predicted molar refractivity (Wildman–Crippen MR) is 119 cm³/mol. The van der Waals surface area contributed by atoms with Crippen molar-refractivity contribution in [1.29, 1.82) is 0 Å². The van der Waals surface area contributed by atoms with E-state index in [1.54, 1.807) is 24.3 Å². The van der Waals surface area contributed by atoms with Crippen molar-refractivity contribution in [2.24, 2.45) is 4.99 Å². The number of carbonyl (C=O) groups is 1. The summed E-state index contributed by atoms with van der Waals surface area (Å²) in [5.41, 5.74) is 3.27. The molecule has 0 aromatic heterocycles. The number of benzene rings is 2. The fourth-order valence-corrected chi connectivity index (χ4v) is 7.11. The average Bonchev–Trinajstić information content (AvgIpc) is 3.15. The summed E-state index contributed by atoms with van der Waals surface area (Å²) in [6.07, 6.45) is 0. The molecule has 0 saturated carbocycles. The molecule has 0 bridgehead atoms. The zero-order valence-corrected chi connectivity index (χ0v) is 18.1. The maximum atomic E-state index is 12.5. The average molecular weight is 450 g/mol. The Morgan fingerprint density at radius 2 is 1.97 bits per heavy atom. The molecule has 0 radical (unpaired) electrons. The maximum Gasteiger partial charge on any atom is 0.251 e. The van der Waals surface area contributed by atoms with Crippen molar-refractivity contribution < 1.29 is 13.2 Å². The number of aryl methyl sites for hydroxylation is 1. The van der Waals surface area contributed by atoms with Crippen LogP contribution in [0, 0.1) is 6.92 Å². The molecular formula is C20H20ClN3O3S2. The van der Waals surface area contributed by atoms with E-state index in [1.807, 2.05) is 25.1 Å². The lowest BCUT2D eigenvalue weighted by Gasteiger charge is -2.12. The fraction of sp³-hybridized carbons (Fsp3) is 0.300. The lowest BCUT2D eigenvalue weighted by atomic mass is 10.1. The van der Waals surface area contributed by atoms with E-state index in [2.05, 4.69) is 15.6 Å². The van der Waals surface area contributed by atoms with Crippen molar-refractivity contribution in [2.75, 3.05) is 16.8 Å². The number of amides is 1. The van der Waals surface area contributed by atoms with E-state index in [0.29, 0.717) is 22.3 Å². The van der Waals surface area contributed by atoms with Crippen LogP contribution in [-0.4, -0.2) is 42.3 Å². The third-order valence-electron chi connectivity index (χ3n) is 4.93. The number of halogens is 1. The van der Waals surface area contributed by atoms with Gasteiger partial charge in [0, 0.05) is 28.1 Å². The summed E-state index contributed by atoms with van der Waals surface area (Å²) in [5.74, 6) is 0.109. The highest BCUT2D eigenvalue weighted by atomic mass is 35.5. The van der Waals surface area contributed by atoms with E-state index < -0.39 is 9.84 Å². The van der Waals surface area contributed by atoms with Crippen molar-refractivity contribution in [3.63, 3.8) is 0 Å². The van der Waals surface area contributed by atoms with Crippen molar-refractivity contribution in [3.05, 3.63) is 64.2 Å². The van der Waals surface area contributed by atoms with E-state index in [-0.39, 0.29) is 28.7 Å². The molecule has 1 saturated heterocycles. The van der Waals surface area contributed by atoms with Gasteiger partial charge in [-0.1, -0.05) is 41.6 Å². The Morgan fingerprint density at radius 3 is 2.69 bits per heavy atom. The Labute approximate surface area is 179 Å². The first-order valence-electron chi connectivity index (χ1n) is 9.14. The van der Waals surface area contributed by atoms with Crippen LogP contribution in [0.15, 0.2) is 47.5 Å². The SMILES string of the molecule is Cc1ccc(C(=O)NCc2ccc(Cl)cc2)cc1NC1=N[C@@H]2CS(=O)(=O)C[C@@H]2S1. The number of carbonyl (C=O) groups excluding carboxylic acids is 1. The van der Waals surface area contributed by atoms with Crippen LogP contribution in [0.25, 0.3) is 0 Å². The third-order valence-corrected chi connectivity index (χ3v) is 8.32. The van der Waals surface area contributed by atoms with Gasteiger partial charge in [-0.15, -0.1) is 0 Å². The van der Waals surface area contributed by atoms with Gasteiger partial charge < -0.3 is 10.6 Å². The fourth-order valence-electron chi connectivity index (χ4n) is 3.32. The molecule has 0 unspecified atom stereocenters. The second-order valence-electron chi connectivity index (χ2n) is 7.20. The Morgan fingerprint density at radius 1 is 1.21 bits per heavy atom. The molecule has 2 atom stereocenters. The lowest BCUT2D eigenvalue weighted by molar-refractivity contribution is 0.0951. The second kappa shape index (κ2) is 8.01. The third kappa shape index (κ3) is 4.76. The molecule has 1 amide bonds. The number of amidine groups is 1. The molecule has 152 valence electrons. The van der Waals surface area contributed by atoms with Crippen LogP contribution in [0.3, 0.4) is 0 Å². The van der Waals surface area contributed by atoms with Crippen LogP contribution >= 0.6 is 23.4 Å². The highest BCUT2D eigenvalue weighted by Crippen LogP contribution is 2.35. The van der Waals surface area contributed by atoms with Gasteiger partial charge in [0.15, 0.2) is 15.0 Å². The zero-order chi connectivity index (χ0) is 20.6. The first kappa shape index (κ1) is 20.3. The normalized spacial score (nSPS) is 22.1. The molecule has 0 aliphatic carbocycles. The Balaban J connectivity index is 1.42. The number of nitrogens with one attached hydrogen (secondary N) is 2. The first-order chi connectivity index (χ1) is 13.8. The van der Waals surface area contributed by atoms with Gasteiger partial charge in [-0.25, -0.2) is 8.42 Å². The van der Waals surface area contributed by atoms with Crippen molar-refractivity contribution in [1.82, 2.24) is 5.32 Å². The highest BCUT2D eigenvalue weighted by Gasteiger charge is 2.42. The van der Waals surface area contributed by atoms with E-state index in [0.717, 1.165) is 16.8 Å². The number of thioether (sulfide) groups is 1. The molecule has 2 heterocycles. The van der Waals surface area contributed by atoms with Crippen LogP contribution in [-0.2, 0) is 16.4 Å². The molecule has 4 rings (SSSR count). The quantitative estimate of drug-likeness (QED) is 0.748. The molecule has 2 aromatic carbocycles. The first-order valence-corrected chi connectivity index (χ1v) is 12.2. The lowest BCUT2D eigenvalue weighted by Crippen LogP contribution is -2.23. The molecule has 1 fully saturated rings. The van der Waals surface area contributed by atoms with E-state index in [9.17, 15) is 13.2 Å². The van der Waals surface area contributed by atoms with Gasteiger partial charge in [0.2, 0.25) is 0 Å². The number of sulfone groups is 1. The minimum Gasteiger partial charge on any atom is -0.348 e. The van der Waals surface area contributed by atoms with Crippen molar-refractivity contribution in [3.8, 4) is 0 Å². The van der Waals surface area contributed by atoms with Gasteiger partial charge in [-0.05, 0) is 42.3 Å². The summed E-state index contributed by atoms with van der Waals surface area (Å²) in [6, 6.07) is 12.6. The monoisotopic (exact) mass is 449 g/mol. The Bertz CT molecular complexity index is 1080. The highest BCUT2D eigenvalue weighted by molar-refractivity contribution is 8.15. The molecule has 29 heavy (non-hydrogen) atoms. The van der Waals surface area contributed by atoms with Crippen LogP contribution in [0.5, 0.6) is 0 Å². The summed E-state index contributed by atoms with van der Waals surface area (Å²) in [6.45, 7) is 2.36. The number of rotatable bonds is 4. The largest absolute Gasteiger partial charge is 0.348 e. The summed E-state index contributed by atoms with van der Waals surface area (Å²) < 4.78 is 23.4. The van der Waals surface area contributed by atoms with E-state index in [1.165, 1.54) is 11.8 Å². The molecule has 2 aliphatic rings. The molecule has 2 aromatic rings. The minimum absolute atomic E-state index is 0.0198. The number of anilines is 1. The van der Waals surface area contributed by atoms with E-state index in [4.69, 9.17) is 11.6 Å². The molecule has 2 aliphatic heterocycles. The smallest absolute Gasteiger partial charge is 0.251 e. The van der Waals surface area contributed by atoms with Crippen LogP contribution in [0.1, 0.15) is 21.5 Å². The maximum absolute atomic E-state index is 12.5. The molecule has 9 heteroatoms. The predicted octanol–water partition coefficient (Wildman–Crippen LogP) is 3.26. The number of fused-ring (bicyclic) bond motifs is 1. The van der Waals surface area contributed by atoms with E-state index >= 15 is 0 Å². The van der Waals surface area contributed by atoms with Gasteiger partial charge in [0.05, 0.1) is 17.5 Å². The Hall–Kier alpha value is -2.03. The van der Waals surface area contributed by atoms with Crippen molar-refractivity contribution >= 4 is 50.0 Å². The number of hydrogen-bond donors (Lipinski definition) is 2.